The van der Waals surface area contributed by atoms with Crippen molar-refractivity contribution in [3.05, 3.63) is 0 Å². The topological polar surface area (TPSA) is 41.6 Å². The normalized spacial score (nSPS) is 23.3. The van der Waals surface area contributed by atoms with Gasteiger partial charge in [0.2, 0.25) is 0 Å². The summed E-state index contributed by atoms with van der Waals surface area (Å²) in [4.78, 5) is 13.8. The Hall–Kier alpha value is -0.770. The van der Waals surface area contributed by atoms with Crippen LogP contribution in [0.15, 0.2) is 0 Å². The molecule has 2 fully saturated rings. The highest BCUT2D eigenvalue weighted by atomic mass is 16.6. The highest BCUT2D eigenvalue weighted by Crippen LogP contribution is 2.44. The van der Waals surface area contributed by atoms with Gasteiger partial charge in [0.15, 0.2) is 0 Å². The molecule has 1 amide bonds. The summed E-state index contributed by atoms with van der Waals surface area (Å²) in [7, 11) is 0. The molecule has 1 heterocycles. The second-order valence-electron chi connectivity index (χ2n) is 7.43. The third-order valence-electron chi connectivity index (χ3n) is 4.07. The van der Waals surface area contributed by atoms with Crippen LogP contribution in [-0.4, -0.2) is 42.3 Å². The number of ether oxygens (including phenoxy) is 1. The van der Waals surface area contributed by atoms with Crippen LogP contribution in [0.1, 0.15) is 53.4 Å². The minimum atomic E-state index is -0.396. The number of piperidine rings is 1. The van der Waals surface area contributed by atoms with Gasteiger partial charge in [-0.1, -0.05) is 6.92 Å². The van der Waals surface area contributed by atoms with Crippen LogP contribution in [0, 0.1) is 5.41 Å². The molecule has 0 spiro atoms. The van der Waals surface area contributed by atoms with Crippen LogP contribution in [-0.2, 0) is 4.74 Å². The molecule has 4 nitrogen and oxygen atoms in total. The lowest BCUT2D eigenvalue weighted by molar-refractivity contribution is 0.0197. The summed E-state index contributed by atoms with van der Waals surface area (Å²) >= 11 is 0. The van der Waals surface area contributed by atoms with Gasteiger partial charge in [0.25, 0.3) is 0 Å². The Kier molecular flexibility index (Phi) is 4.09. The Morgan fingerprint density at radius 1 is 1.32 bits per heavy atom. The van der Waals surface area contributed by atoms with Crippen molar-refractivity contribution in [2.24, 2.45) is 5.41 Å². The van der Waals surface area contributed by atoms with Crippen molar-refractivity contribution >= 4 is 6.09 Å². The van der Waals surface area contributed by atoms with E-state index in [0.29, 0.717) is 11.5 Å². The highest BCUT2D eigenvalue weighted by Gasteiger charge is 2.37. The lowest BCUT2D eigenvalue weighted by atomic mass is 10.0. The fourth-order valence-electron chi connectivity index (χ4n) is 2.37. The van der Waals surface area contributed by atoms with Crippen LogP contribution in [0.3, 0.4) is 0 Å². The minimum absolute atomic E-state index is 0.167. The summed E-state index contributed by atoms with van der Waals surface area (Å²) in [5, 5.41) is 3.65. The van der Waals surface area contributed by atoms with Gasteiger partial charge in [-0.15, -0.1) is 0 Å². The molecule has 0 aromatic rings. The van der Waals surface area contributed by atoms with Gasteiger partial charge in [-0.25, -0.2) is 4.79 Å². The summed E-state index contributed by atoms with van der Waals surface area (Å²) in [5.74, 6) is 0. The Balaban J connectivity index is 1.68. The number of carbonyl (C=O) groups excluding carboxylic acids is 1. The lowest BCUT2D eigenvalue weighted by Crippen LogP contribution is -2.47. The standard InChI is InChI=1S/C15H28N2O2/c1-14(2,3)19-13(18)17-9-5-12(6-10-17)16-11-15(4)7-8-15/h12,16H,5-11H2,1-4H3. The van der Waals surface area contributed by atoms with Crippen molar-refractivity contribution in [2.45, 2.75) is 65.0 Å². The predicted octanol–water partition coefficient (Wildman–Crippen LogP) is 2.78. The fraction of sp³-hybridized carbons (Fsp3) is 0.933. The third-order valence-corrected chi connectivity index (χ3v) is 4.07. The van der Waals surface area contributed by atoms with Gasteiger partial charge in [0.05, 0.1) is 0 Å². The van der Waals surface area contributed by atoms with Crippen LogP contribution >= 0.6 is 0 Å². The van der Waals surface area contributed by atoms with E-state index < -0.39 is 5.60 Å². The SMILES string of the molecule is CC1(CNC2CCN(C(=O)OC(C)(C)C)CC2)CC1. The number of nitrogens with one attached hydrogen (secondary N) is 1. The first-order valence-corrected chi connectivity index (χ1v) is 7.49. The molecule has 1 saturated carbocycles. The minimum Gasteiger partial charge on any atom is -0.444 e. The van der Waals surface area contributed by atoms with Crippen molar-refractivity contribution < 1.29 is 9.53 Å². The zero-order chi connectivity index (χ0) is 14.1. The second kappa shape index (κ2) is 5.31. The average molecular weight is 268 g/mol. The van der Waals surface area contributed by atoms with Crippen molar-refractivity contribution in [2.75, 3.05) is 19.6 Å². The first-order chi connectivity index (χ1) is 8.77. The van der Waals surface area contributed by atoms with Gasteiger partial charge < -0.3 is 15.0 Å². The van der Waals surface area contributed by atoms with E-state index in [1.165, 1.54) is 12.8 Å². The molecule has 0 aromatic heterocycles. The molecule has 0 bridgehead atoms. The molecule has 1 N–H and O–H groups in total. The fourth-order valence-corrected chi connectivity index (χ4v) is 2.37. The molecule has 2 rings (SSSR count). The van der Waals surface area contributed by atoms with Crippen LogP contribution in [0.4, 0.5) is 4.79 Å². The van der Waals surface area contributed by atoms with Crippen LogP contribution < -0.4 is 5.32 Å². The van der Waals surface area contributed by atoms with E-state index in [1.54, 1.807) is 0 Å². The van der Waals surface area contributed by atoms with Crippen molar-refractivity contribution in [3.63, 3.8) is 0 Å². The summed E-state index contributed by atoms with van der Waals surface area (Å²) in [6.07, 6.45) is 4.62. The maximum atomic E-state index is 11.9. The van der Waals surface area contributed by atoms with Crippen molar-refractivity contribution in [1.82, 2.24) is 10.2 Å². The van der Waals surface area contributed by atoms with E-state index in [4.69, 9.17) is 4.74 Å². The third kappa shape index (κ3) is 4.68. The predicted molar refractivity (Wildman–Crippen MR) is 76.2 cm³/mol. The van der Waals surface area contributed by atoms with E-state index in [2.05, 4.69) is 12.2 Å². The molecule has 0 aromatic carbocycles. The van der Waals surface area contributed by atoms with Gasteiger partial charge in [-0.05, 0) is 51.9 Å². The molecule has 2 aliphatic rings. The maximum Gasteiger partial charge on any atom is 0.410 e. The van der Waals surface area contributed by atoms with Crippen LogP contribution in [0.5, 0.6) is 0 Å². The summed E-state index contributed by atoms with van der Waals surface area (Å²) in [6.45, 7) is 10.8. The summed E-state index contributed by atoms with van der Waals surface area (Å²) < 4.78 is 5.40. The summed E-state index contributed by atoms with van der Waals surface area (Å²) in [6, 6.07) is 0.566. The Morgan fingerprint density at radius 2 is 1.89 bits per heavy atom. The quantitative estimate of drug-likeness (QED) is 0.855. The first kappa shape index (κ1) is 14.6. The Bertz CT molecular complexity index is 324. The molecule has 4 heteroatoms. The van der Waals surface area contributed by atoms with E-state index >= 15 is 0 Å². The molecular formula is C15H28N2O2. The lowest BCUT2D eigenvalue weighted by Gasteiger charge is -2.34. The molecule has 1 aliphatic heterocycles. The number of hydrogen-bond acceptors (Lipinski definition) is 3. The molecule has 0 atom stereocenters. The van der Waals surface area contributed by atoms with Gasteiger partial charge in [-0.3, -0.25) is 0 Å². The van der Waals surface area contributed by atoms with Crippen LogP contribution in [0.2, 0.25) is 0 Å². The molecule has 110 valence electrons. The molecule has 1 saturated heterocycles. The number of nitrogens with zero attached hydrogens (tertiary/aromatic N) is 1. The van der Waals surface area contributed by atoms with E-state index in [-0.39, 0.29) is 6.09 Å². The van der Waals surface area contributed by atoms with Crippen molar-refractivity contribution in [3.8, 4) is 0 Å². The molecule has 0 radical (unpaired) electrons. The molecule has 1 aliphatic carbocycles. The maximum absolute atomic E-state index is 11.9. The molecular weight excluding hydrogens is 240 g/mol. The number of hydrogen-bond donors (Lipinski definition) is 1. The Morgan fingerprint density at radius 3 is 2.37 bits per heavy atom. The van der Waals surface area contributed by atoms with Crippen molar-refractivity contribution in [1.29, 1.82) is 0 Å². The first-order valence-electron chi connectivity index (χ1n) is 7.49. The number of rotatable bonds is 3. The Labute approximate surface area is 116 Å². The second-order valence-corrected chi connectivity index (χ2v) is 7.43. The van der Waals surface area contributed by atoms with E-state index in [1.807, 2.05) is 25.7 Å². The van der Waals surface area contributed by atoms with Gasteiger partial charge in [0, 0.05) is 25.7 Å². The highest BCUT2D eigenvalue weighted by molar-refractivity contribution is 5.68. The van der Waals surface area contributed by atoms with Crippen LogP contribution in [0.25, 0.3) is 0 Å². The monoisotopic (exact) mass is 268 g/mol. The van der Waals surface area contributed by atoms with Gasteiger partial charge >= 0.3 is 6.09 Å². The zero-order valence-electron chi connectivity index (χ0n) is 12.8. The molecule has 0 unspecified atom stereocenters. The van der Waals surface area contributed by atoms with Gasteiger partial charge in [-0.2, -0.15) is 0 Å². The molecule has 19 heavy (non-hydrogen) atoms. The van der Waals surface area contributed by atoms with E-state index in [0.717, 1.165) is 32.5 Å². The smallest absolute Gasteiger partial charge is 0.410 e. The average Bonchev–Trinajstić information content (AvgIpc) is 3.04. The van der Waals surface area contributed by atoms with Gasteiger partial charge in [0.1, 0.15) is 5.60 Å². The zero-order valence-corrected chi connectivity index (χ0v) is 12.8. The number of carbonyl (C=O) groups is 1. The number of amides is 1. The number of likely N-dealkylation sites (tertiary alicyclic amines) is 1. The van der Waals surface area contributed by atoms with E-state index in [9.17, 15) is 4.79 Å². The largest absolute Gasteiger partial charge is 0.444 e. The summed E-state index contributed by atoms with van der Waals surface area (Å²) in [5.41, 5.74) is 0.162.